The van der Waals surface area contributed by atoms with E-state index >= 15 is 0 Å². The van der Waals surface area contributed by atoms with Crippen LogP contribution in [0.25, 0.3) is 0 Å². The molecule has 0 spiro atoms. The Morgan fingerprint density at radius 3 is 2.12 bits per heavy atom. The molecule has 2 aromatic carbocycles. The van der Waals surface area contributed by atoms with Crippen molar-refractivity contribution in [2.45, 2.75) is 25.3 Å². The van der Waals surface area contributed by atoms with E-state index in [0.29, 0.717) is 5.75 Å². The highest BCUT2D eigenvalue weighted by atomic mass is 16.5. The van der Waals surface area contributed by atoms with E-state index in [2.05, 4.69) is 5.32 Å². The summed E-state index contributed by atoms with van der Waals surface area (Å²) in [6.07, 6.45) is -1.46. The molecule has 0 unspecified atom stereocenters. The minimum absolute atomic E-state index is 0.193. The third kappa shape index (κ3) is 2.45. The standard InChI is InChI=1S/C20H19NO5/c1-11(2)12-8-9-15(16(10-12)26-3)20(21-19(24)25)17(22)13-6-4-5-7-14(13)18(20)23/h4-11,21H,1-3H3,(H,24,25). The lowest BCUT2D eigenvalue weighted by atomic mass is 9.83. The van der Waals surface area contributed by atoms with Gasteiger partial charge in [0.2, 0.25) is 11.6 Å². The molecular weight excluding hydrogens is 334 g/mol. The molecule has 3 rings (SSSR count). The highest BCUT2D eigenvalue weighted by Gasteiger charge is 2.56. The van der Waals surface area contributed by atoms with Gasteiger partial charge in [0.25, 0.3) is 0 Å². The van der Waals surface area contributed by atoms with Gasteiger partial charge in [-0.15, -0.1) is 0 Å². The third-order valence-corrected chi connectivity index (χ3v) is 4.69. The van der Waals surface area contributed by atoms with Crippen molar-refractivity contribution in [1.82, 2.24) is 5.32 Å². The van der Waals surface area contributed by atoms with Crippen LogP contribution < -0.4 is 10.1 Å². The lowest BCUT2D eigenvalue weighted by Gasteiger charge is -2.28. The summed E-state index contributed by atoms with van der Waals surface area (Å²) in [7, 11) is 1.43. The van der Waals surface area contributed by atoms with E-state index in [-0.39, 0.29) is 22.6 Å². The van der Waals surface area contributed by atoms with Crippen molar-refractivity contribution in [3.05, 3.63) is 64.7 Å². The monoisotopic (exact) mass is 353 g/mol. The predicted molar refractivity (Wildman–Crippen MR) is 95.0 cm³/mol. The van der Waals surface area contributed by atoms with Crippen molar-refractivity contribution in [3.63, 3.8) is 0 Å². The van der Waals surface area contributed by atoms with Gasteiger partial charge in [0, 0.05) is 16.7 Å². The molecular formula is C20H19NO5. The van der Waals surface area contributed by atoms with Crippen molar-refractivity contribution in [2.75, 3.05) is 7.11 Å². The maximum Gasteiger partial charge on any atom is 0.406 e. The van der Waals surface area contributed by atoms with Crippen LogP contribution in [-0.2, 0) is 5.54 Å². The quantitative estimate of drug-likeness (QED) is 0.822. The van der Waals surface area contributed by atoms with Gasteiger partial charge in [0.1, 0.15) is 5.75 Å². The topological polar surface area (TPSA) is 92.7 Å². The second kappa shape index (κ2) is 6.29. The Morgan fingerprint density at radius 2 is 1.65 bits per heavy atom. The number of fused-ring (bicyclic) bond motifs is 1. The van der Waals surface area contributed by atoms with Crippen LogP contribution in [0.2, 0.25) is 0 Å². The van der Waals surface area contributed by atoms with Gasteiger partial charge in [-0.2, -0.15) is 0 Å². The highest BCUT2D eigenvalue weighted by Crippen LogP contribution is 2.42. The number of ether oxygens (including phenoxy) is 1. The number of rotatable bonds is 4. The summed E-state index contributed by atoms with van der Waals surface area (Å²) in [6, 6.07) is 11.4. The van der Waals surface area contributed by atoms with Gasteiger partial charge in [-0.3, -0.25) is 14.9 Å². The number of carbonyl (C=O) groups is 3. The number of hydrogen-bond acceptors (Lipinski definition) is 4. The minimum Gasteiger partial charge on any atom is -0.496 e. The molecule has 2 aromatic rings. The van der Waals surface area contributed by atoms with Gasteiger partial charge in [-0.05, 0) is 17.5 Å². The zero-order valence-corrected chi connectivity index (χ0v) is 14.7. The van der Waals surface area contributed by atoms with Crippen LogP contribution in [0, 0.1) is 0 Å². The first-order chi connectivity index (χ1) is 12.3. The molecule has 0 atom stereocenters. The summed E-state index contributed by atoms with van der Waals surface area (Å²) in [6.45, 7) is 4.00. The fourth-order valence-corrected chi connectivity index (χ4v) is 3.35. The molecule has 1 aliphatic carbocycles. The number of amides is 1. The molecule has 0 saturated heterocycles. The molecule has 0 aliphatic heterocycles. The molecule has 0 saturated carbocycles. The lowest BCUT2D eigenvalue weighted by Crippen LogP contribution is -2.53. The molecule has 0 aromatic heterocycles. The van der Waals surface area contributed by atoms with Crippen LogP contribution >= 0.6 is 0 Å². The zero-order valence-electron chi connectivity index (χ0n) is 14.7. The molecule has 1 amide bonds. The van der Waals surface area contributed by atoms with Crippen molar-refractivity contribution in [3.8, 4) is 5.75 Å². The minimum atomic E-state index is -2.05. The number of Topliss-reactive ketones (excluding diaryl/α,β-unsaturated/α-hetero) is 2. The fraction of sp³-hybridized carbons (Fsp3) is 0.250. The summed E-state index contributed by atoms with van der Waals surface area (Å²) in [4.78, 5) is 37.8. The average molecular weight is 353 g/mol. The van der Waals surface area contributed by atoms with Gasteiger partial charge in [-0.1, -0.05) is 50.2 Å². The summed E-state index contributed by atoms with van der Waals surface area (Å²) >= 11 is 0. The molecule has 0 bridgehead atoms. The number of ketones is 2. The van der Waals surface area contributed by atoms with E-state index in [1.807, 2.05) is 13.8 Å². The molecule has 134 valence electrons. The van der Waals surface area contributed by atoms with E-state index in [4.69, 9.17) is 4.74 Å². The number of nitrogens with one attached hydrogen (secondary N) is 1. The normalized spacial score (nSPS) is 15.1. The van der Waals surface area contributed by atoms with E-state index in [1.165, 1.54) is 19.2 Å². The highest BCUT2D eigenvalue weighted by molar-refractivity contribution is 6.33. The van der Waals surface area contributed by atoms with E-state index in [1.54, 1.807) is 30.3 Å². The smallest absolute Gasteiger partial charge is 0.406 e. The van der Waals surface area contributed by atoms with Crippen LogP contribution in [0.3, 0.4) is 0 Å². The Balaban J connectivity index is 2.28. The number of benzene rings is 2. The Labute approximate surface area is 150 Å². The van der Waals surface area contributed by atoms with E-state index < -0.39 is 23.2 Å². The summed E-state index contributed by atoms with van der Waals surface area (Å²) < 4.78 is 5.41. The maximum atomic E-state index is 13.1. The van der Waals surface area contributed by atoms with Crippen LogP contribution in [0.4, 0.5) is 4.79 Å². The summed E-state index contributed by atoms with van der Waals surface area (Å²) in [5.74, 6) is -0.708. The van der Waals surface area contributed by atoms with Gasteiger partial charge in [0.05, 0.1) is 7.11 Å². The molecule has 6 nitrogen and oxygen atoms in total. The summed E-state index contributed by atoms with van der Waals surface area (Å²) in [5, 5.41) is 11.5. The Bertz CT molecular complexity index is 881. The first-order valence-electron chi connectivity index (χ1n) is 8.21. The molecule has 1 aliphatic rings. The van der Waals surface area contributed by atoms with Crippen molar-refractivity contribution in [2.24, 2.45) is 0 Å². The van der Waals surface area contributed by atoms with Crippen molar-refractivity contribution < 1.29 is 24.2 Å². The van der Waals surface area contributed by atoms with Crippen LogP contribution in [0.5, 0.6) is 5.75 Å². The Morgan fingerprint density at radius 1 is 1.08 bits per heavy atom. The first kappa shape index (κ1) is 17.7. The number of carbonyl (C=O) groups excluding carboxylic acids is 2. The molecule has 0 radical (unpaired) electrons. The Kier molecular flexibility index (Phi) is 4.28. The van der Waals surface area contributed by atoms with E-state index in [9.17, 15) is 19.5 Å². The van der Waals surface area contributed by atoms with Gasteiger partial charge in [0.15, 0.2) is 5.54 Å². The number of carboxylic acid groups (broad SMARTS) is 1. The van der Waals surface area contributed by atoms with Crippen molar-refractivity contribution in [1.29, 1.82) is 0 Å². The lowest BCUT2D eigenvalue weighted by molar-refractivity contribution is 0.0742. The van der Waals surface area contributed by atoms with Gasteiger partial charge < -0.3 is 9.84 Å². The summed E-state index contributed by atoms with van der Waals surface area (Å²) in [5.41, 5.74) is -0.511. The molecule has 2 N–H and O–H groups in total. The van der Waals surface area contributed by atoms with Crippen LogP contribution in [0.15, 0.2) is 42.5 Å². The zero-order chi connectivity index (χ0) is 19.1. The largest absolute Gasteiger partial charge is 0.496 e. The van der Waals surface area contributed by atoms with Gasteiger partial charge >= 0.3 is 6.09 Å². The third-order valence-electron chi connectivity index (χ3n) is 4.69. The number of methoxy groups -OCH3 is 1. The van der Waals surface area contributed by atoms with Crippen LogP contribution in [0.1, 0.15) is 51.6 Å². The molecule has 0 heterocycles. The second-order valence-electron chi connectivity index (χ2n) is 6.50. The number of hydrogen-bond donors (Lipinski definition) is 2. The van der Waals surface area contributed by atoms with Crippen molar-refractivity contribution >= 4 is 17.7 Å². The SMILES string of the molecule is COc1cc(C(C)C)ccc1C1(NC(=O)O)C(=O)c2ccccc2C1=O. The molecule has 26 heavy (non-hydrogen) atoms. The average Bonchev–Trinajstić information content (AvgIpc) is 2.83. The molecule has 0 fully saturated rings. The first-order valence-corrected chi connectivity index (χ1v) is 8.21. The predicted octanol–water partition coefficient (Wildman–Crippen LogP) is 3.36. The Hall–Kier alpha value is -3.15. The van der Waals surface area contributed by atoms with Crippen LogP contribution in [-0.4, -0.2) is 29.9 Å². The fourth-order valence-electron chi connectivity index (χ4n) is 3.35. The maximum absolute atomic E-state index is 13.1. The second-order valence-corrected chi connectivity index (χ2v) is 6.50. The molecule has 6 heteroatoms. The van der Waals surface area contributed by atoms with E-state index in [0.717, 1.165) is 5.56 Å². The van der Waals surface area contributed by atoms with Gasteiger partial charge in [-0.25, -0.2) is 4.79 Å².